The smallest absolute Gasteiger partial charge is 0.270 e. The number of anilines is 1. The van der Waals surface area contributed by atoms with Gasteiger partial charge in [-0.25, -0.2) is 0 Å². The first-order chi connectivity index (χ1) is 16.0. The van der Waals surface area contributed by atoms with Crippen molar-refractivity contribution in [1.82, 2.24) is 5.32 Å². The summed E-state index contributed by atoms with van der Waals surface area (Å²) >= 11 is 5.20. The van der Waals surface area contributed by atoms with E-state index < -0.39 is 17.6 Å². The van der Waals surface area contributed by atoms with Crippen LogP contribution in [0.3, 0.4) is 0 Å². The number of thiocarbonyl (C=S) groups is 1. The van der Waals surface area contributed by atoms with E-state index in [2.05, 4.69) is 5.32 Å². The molecular formula is C25H18N2O5S. The number of allylic oxidation sites excluding steroid dienone is 1. The summed E-state index contributed by atoms with van der Waals surface area (Å²) in [5.41, 5.74) is 0.424. The van der Waals surface area contributed by atoms with Crippen LogP contribution in [0.15, 0.2) is 90.5 Å². The molecule has 1 N–H and O–H groups in total. The first-order valence-corrected chi connectivity index (χ1v) is 10.3. The Labute approximate surface area is 195 Å². The molecule has 33 heavy (non-hydrogen) atoms. The van der Waals surface area contributed by atoms with Crippen LogP contribution in [0.1, 0.15) is 10.4 Å². The molecule has 0 aromatic heterocycles. The molecule has 7 nitrogen and oxygen atoms in total. The van der Waals surface area contributed by atoms with Crippen LogP contribution < -0.4 is 19.7 Å². The first kappa shape index (κ1) is 21.9. The predicted octanol–water partition coefficient (Wildman–Crippen LogP) is 4.04. The lowest BCUT2D eigenvalue weighted by molar-refractivity contribution is -0.122. The van der Waals surface area contributed by atoms with E-state index in [0.29, 0.717) is 28.5 Å². The molecule has 3 aromatic rings. The second-order valence-electron chi connectivity index (χ2n) is 6.96. The molecule has 1 fully saturated rings. The molecule has 0 unspecified atom stereocenters. The number of para-hydroxylation sites is 1. The van der Waals surface area contributed by atoms with Gasteiger partial charge in [-0.05, 0) is 72.9 Å². The number of hydrogen-bond donors (Lipinski definition) is 1. The number of hydrogen-bond acceptors (Lipinski definition) is 6. The molecule has 1 heterocycles. The Balaban J connectivity index is 1.56. The zero-order valence-corrected chi connectivity index (χ0v) is 18.3. The van der Waals surface area contributed by atoms with Crippen LogP contribution >= 0.6 is 12.2 Å². The lowest BCUT2D eigenvalue weighted by Gasteiger charge is -2.28. The maximum Gasteiger partial charge on any atom is 0.270 e. The van der Waals surface area contributed by atoms with Crippen LogP contribution in [0.2, 0.25) is 0 Å². The molecule has 0 spiro atoms. The first-order valence-electron chi connectivity index (χ1n) is 9.89. The molecule has 0 aliphatic carbocycles. The second-order valence-corrected chi connectivity index (χ2v) is 7.35. The molecule has 3 aromatic carbocycles. The van der Waals surface area contributed by atoms with E-state index in [1.807, 2.05) is 30.3 Å². The second kappa shape index (κ2) is 9.46. The minimum Gasteiger partial charge on any atom is -0.497 e. The number of benzene rings is 3. The Kier molecular flexibility index (Phi) is 6.28. The lowest BCUT2D eigenvalue weighted by Crippen LogP contribution is -2.54. The molecule has 164 valence electrons. The summed E-state index contributed by atoms with van der Waals surface area (Å²) in [5.74, 6) is -0.0916. The quantitative estimate of drug-likeness (QED) is 0.260. The molecule has 0 saturated carbocycles. The van der Waals surface area contributed by atoms with Crippen molar-refractivity contribution in [1.29, 1.82) is 0 Å². The molecule has 1 aliphatic heterocycles. The fraction of sp³-hybridized carbons (Fsp3) is 0.0400. The minimum atomic E-state index is -0.729. The lowest BCUT2D eigenvalue weighted by atomic mass is 10.0. The fourth-order valence-electron chi connectivity index (χ4n) is 3.15. The van der Waals surface area contributed by atoms with Crippen molar-refractivity contribution < 1.29 is 23.9 Å². The van der Waals surface area contributed by atoms with E-state index in [1.54, 1.807) is 48.5 Å². The van der Waals surface area contributed by atoms with Crippen molar-refractivity contribution in [2.45, 2.75) is 0 Å². The number of ether oxygens (including phenoxy) is 2. The van der Waals surface area contributed by atoms with Gasteiger partial charge < -0.3 is 9.47 Å². The van der Waals surface area contributed by atoms with E-state index in [9.17, 15) is 14.4 Å². The third-order valence-corrected chi connectivity index (χ3v) is 5.11. The summed E-state index contributed by atoms with van der Waals surface area (Å²) in [6.45, 7) is 0. The standard InChI is InChI=1S/C25H18N2O5S/c1-31-18-11-7-16(8-12-18)22(28)15-21-23(29)26-25(33)27(24(21)30)17-9-13-20(14-10-17)32-19-5-3-2-4-6-19/h2-15H,1H3,(H,26,29,33). The summed E-state index contributed by atoms with van der Waals surface area (Å²) in [6.07, 6.45) is 1.02. The van der Waals surface area contributed by atoms with E-state index in [1.165, 1.54) is 7.11 Å². The molecule has 0 radical (unpaired) electrons. The Morgan fingerprint density at radius 1 is 0.879 bits per heavy atom. The van der Waals surface area contributed by atoms with Crippen LogP contribution in [-0.4, -0.2) is 29.8 Å². The Morgan fingerprint density at radius 2 is 1.48 bits per heavy atom. The highest BCUT2D eigenvalue weighted by Crippen LogP contribution is 2.26. The zero-order chi connectivity index (χ0) is 23.4. The van der Waals surface area contributed by atoms with Crippen molar-refractivity contribution in [3.63, 3.8) is 0 Å². The SMILES string of the molecule is COc1ccc(C(=O)C=C2C(=O)NC(=S)N(c3ccc(Oc4ccccc4)cc3)C2=O)cc1. The van der Waals surface area contributed by atoms with Crippen molar-refractivity contribution in [2.75, 3.05) is 12.0 Å². The van der Waals surface area contributed by atoms with Crippen LogP contribution in [0.5, 0.6) is 17.2 Å². The summed E-state index contributed by atoms with van der Waals surface area (Å²) in [7, 11) is 1.52. The Hall–Kier alpha value is -4.30. The van der Waals surface area contributed by atoms with Crippen molar-refractivity contribution in [3.05, 3.63) is 96.1 Å². The van der Waals surface area contributed by atoms with E-state index in [-0.39, 0.29) is 10.7 Å². The number of nitrogens with one attached hydrogen (secondary N) is 1. The molecule has 4 rings (SSSR count). The normalized spacial score (nSPS) is 14.8. The van der Waals surface area contributed by atoms with Gasteiger partial charge in [0.05, 0.1) is 12.8 Å². The summed E-state index contributed by atoms with van der Waals surface area (Å²) in [6, 6.07) is 22.2. The molecular weight excluding hydrogens is 440 g/mol. The summed E-state index contributed by atoms with van der Waals surface area (Å²) in [4.78, 5) is 39.3. The van der Waals surface area contributed by atoms with Crippen LogP contribution in [0.4, 0.5) is 5.69 Å². The maximum atomic E-state index is 13.1. The molecule has 2 amide bonds. The predicted molar refractivity (Wildman–Crippen MR) is 127 cm³/mol. The molecule has 1 aliphatic rings. The van der Waals surface area contributed by atoms with Gasteiger partial charge in [-0.1, -0.05) is 18.2 Å². The van der Waals surface area contributed by atoms with Gasteiger partial charge in [0.2, 0.25) is 0 Å². The van der Waals surface area contributed by atoms with Gasteiger partial charge >= 0.3 is 0 Å². The molecule has 8 heteroatoms. The van der Waals surface area contributed by atoms with Crippen molar-refractivity contribution in [2.24, 2.45) is 0 Å². The number of nitrogens with zero attached hydrogens (tertiary/aromatic N) is 1. The third-order valence-electron chi connectivity index (χ3n) is 4.83. The van der Waals surface area contributed by atoms with E-state index in [0.717, 1.165) is 11.0 Å². The van der Waals surface area contributed by atoms with Gasteiger partial charge in [0.1, 0.15) is 22.8 Å². The van der Waals surface area contributed by atoms with Crippen molar-refractivity contribution >= 4 is 40.6 Å². The molecule has 0 atom stereocenters. The number of carbonyl (C=O) groups excluding carboxylic acids is 3. The summed E-state index contributed by atoms with van der Waals surface area (Å²) < 4.78 is 10.8. The van der Waals surface area contributed by atoms with Gasteiger partial charge in [0.15, 0.2) is 10.9 Å². The third kappa shape index (κ3) is 4.81. The van der Waals surface area contributed by atoms with Gasteiger partial charge in [0, 0.05) is 11.6 Å². The number of rotatable bonds is 6. The monoisotopic (exact) mass is 458 g/mol. The largest absolute Gasteiger partial charge is 0.497 e. The number of amides is 2. The van der Waals surface area contributed by atoms with Crippen molar-refractivity contribution in [3.8, 4) is 17.2 Å². The number of methoxy groups -OCH3 is 1. The Morgan fingerprint density at radius 3 is 2.12 bits per heavy atom. The summed E-state index contributed by atoms with van der Waals surface area (Å²) in [5, 5.41) is 2.39. The van der Waals surface area contributed by atoms with Crippen LogP contribution in [0.25, 0.3) is 0 Å². The number of ketones is 1. The van der Waals surface area contributed by atoms with Crippen LogP contribution in [0, 0.1) is 0 Å². The topological polar surface area (TPSA) is 84.9 Å². The highest BCUT2D eigenvalue weighted by molar-refractivity contribution is 7.80. The van der Waals surface area contributed by atoms with Gasteiger partial charge in [-0.2, -0.15) is 0 Å². The average molecular weight is 458 g/mol. The fourth-order valence-corrected chi connectivity index (χ4v) is 3.43. The highest BCUT2D eigenvalue weighted by Gasteiger charge is 2.35. The van der Waals surface area contributed by atoms with Gasteiger partial charge in [0.25, 0.3) is 11.8 Å². The molecule has 1 saturated heterocycles. The maximum absolute atomic E-state index is 13.1. The minimum absolute atomic E-state index is 0.0734. The van der Waals surface area contributed by atoms with Crippen LogP contribution in [-0.2, 0) is 9.59 Å². The van der Waals surface area contributed by atoms with E-state index >= 15 is 0 Å². The molecule has 0 bridgehead atoms. The Bertz CT molecular complexity index is 1250. The van der Waals surface area contributed by atoms with Gasteiger partial charge in [-0.3, -0.25) is 24.6 Å². The van der Waals surface area contributed by atoms with E-state index in [4.69, 9.17) is 21.7 Å². The zero-order valence-electron chi connectivity index (χ0n) is 17.5. The number of carbonyl (C=O) groups is 3. The highest BCUT2D eigenvalue weighted by atomic mass is 32.1. The van der Waals surface area contributed by atoms with Gasteiger partial charge in [-0.15, -0.1) is 0 Å². The average Bonchev–Trinajstić information content (AvgIpc) is 2.83.